The fraction of sp³-hybridized carbons (Fsp3) is 0.797. The molecule has 1 fully saturated rings. The summed E-state index contributed by atoms with van der Waals surface area (Å²) >= 11 is 0. The second kappa shape index (κ2) is 36.7. The zero-order valence-electron chi connectivity index (χ0n) is 58.2. The molecule has 0 radical (unpaired) electrons. The molecule has 0 aromatic rings. The predicted molar refractivity (Wildman–Crippen MR) is 342 cm³/mol. The van der Waals surface area contributed by atoms with E-state index in [4.69, 9.17) is 0 Å². The Morgan fingerprint density at radius 1 is 0.489 bits per heavy atom. The first-order valence-corrected chi connectivity index (χ1v) is 31.9. The number of allylic oxidation sites excluding steroid dienone is 1. The summed E-state index contributed by atoms with van der Waals surface area (Å²) in [5.41, 5.74) is -2.69. The van der Waals surface area contributed by atoms with Crippen LogP contribution in [0, 0.1) is 47.3 Å². The zero-order chi connectivity index (χ0) is 69.9. The SMILES string of the molecule is CC(C)C[C@@H]1NC(=O)[C@@H](CC(C)C)N(C)C(=O)CN(C)C(=O)[C@H]([C@@H](C)O)NC(=O)[C@H]([C@H](O)[C@H](C)C/C=C/CO)N(C)C(=O)[C@H](C(C)C)N(C)C(=O)[C@H](CC(C)C)NC(=O)[C@H](CC(C)C)N(C)C(=O)[C@@](O)(C(C)C)NC(=O)[C@H](C)NC(=O)[C@@H](CC(C)C)N(C)C1=O. The number of aliphatic hydroxyl groups excluding tert-OH is 3. The van der Waals surface area contributed by atoms with Crippen LogP contribution in [0.2, 0.25) is 0 Å². The van der Waals surface area contributed by atoms with Crippen LogP contribution >= 0.6 is 0 Å². The van der Waals surface area contributed by atoms with Crippen molar-refractivity contribution in [3.8, 4) is 0 Å². The summed E-state index contributed by atoms with van der Waals surface area (Å²) in [7, 11) is 7.83. The molecule has 1 aliphatic rings. The Morgan fingerprint density at radius 2 is 0.900 bits per heavy atom. The Labute approximate surface area is 535 Å². The molecule has 0 spiro atoms. The highest BCUT2D eigenvalue weighted by atomic mass is 16.3. The van der Waals surface area contributed by atoms with Crippen molar-refractivity contribution in [1.82, 2.24) is 56.0 Å². The number of aliphatic hydroxyl groups is 4. The molecule has 1 rings (SSSR count). The maximum absolute atomic E-state index is 15.1. The fourth-order valence-corrected chi connectivity index (χ4v) is 11.0. The first-order valence-electron chi connectivity index (χ1n) is 31.9. The third-order valence-electron chi connectivity index (χ3n) is 16.5. The van der Waals surface area contributed by atoms with Crippen molar-refractivity contribution in [2.24, 2.45) is 47.3 Å². The van der Waals surface area contributed by atoms with E-state index in [9.17, 15) is 63.6 Å². The van der Waals surface area contributed by atoms with E-state index in [2.05, 4.69) is 26.6 Å². The van der Waals surface area contributed by atoms with Crippen LogP contribution in [0.25, 0.3) is 0 Å². The third-order valence-corrected chi connectivity index (χ3v) is 16.5. The average Bonchev–Trinajstić information content (AvgIpc) is 0.838. The van der Waals surface area contributed by atoms with E-state index in [1.807, 2.05) is 41.5 Å². The largest absolute Gasteiger partial charge is 0.392 e. The zero-order valence-corrected chi connectivity index (χ0v) is 58.2. The van der Waals surface area contributed by atoms with Crippen molar-refractivity contribution in [3.63, 3.8) is 0 Å². The molecule has 1 heterocycles. The Hall–Kier alpha value is -6.25. The standard InChI is InChI=1S/C64H115N11O15/c1-34(2)28-44-59(85)72(20)47(31-37(7)8)55(81)65-42(16)54(80)69-64(90,40(13)14)63(89)73(21)48(32-38(9)10)57(83)67-45(29-35(3)4)60(86)74(22)51(39(11)12)62(88)75(23)52(53(79)41(15)26-24-25-27-76)58(84)68-50(43(17)77)61(87)70(18)33-49(78)71(19)46(30-36(5)6)56(82)66-44/h24-25,34-48,50-53,76-77,79,90H,26-33H2,1-23H3,(H,65,81)(H,66,82)(H,67,83)(H,68,84)(H,69,80)/b25-24+/t41-,42+,43-,44+,45+,46-,47-,48+,50+,51+,52+,53-,64+/m1/s1. The van der Waals surface area contributed by atoms with Gasteiger partial charge in [0.15, 0.2) is 0 Å². The average molecular weight is 1280 g/mol. The second-order valence-corrected chi connectivity index (χ2v) is 27.6. The third kappa shape index (κ3) is 23.1. The van der Waals surface area contributed by atoms with Crippen LogP contribution in [0.3, 0.4) is 0 Å². The lowest BCUT2D eigenvalue weighted by molar-refractivity contribution is -0.168. The van der Waals surface area contributed by atoms with Gasteiger partial charge in [0.25, 0.3) is 5.91 Å². The van der Waals surface area contributed by atoms with Gasteiger partial charge in [-0.1, -0.05) is 116 Å². The highest BCUT2D eigenvalue weighted by Crippen LogP contribution is 2.26. The number of hydrogen-bond donors (Lipinski definition) is 9. The van der Waals surface area contributed by atoms with Crippen LogP contribution in [0.15, 0.2) is 12.2 Å². The molecule has 26 heteroatoms. The Kier molecular flexibility index (Phi) is 33.3. The van der Waals surface area contributed by atoms with Crippen LogP contribution < -0.4 is 26.6 Å². The van der Waals surface area contributed by atoms with Crippen molar-refractivity contribution < 1.29 is 73.2 Å². The molecule has 1 saturated heterocycles. The van der Waals surface area contributed by atoms with Gasteiger partial charge < -0.3 is 76.4 Å². The lowest BCUT2D eigenvalue weighted by atomic mass is 9.91. The number of hydrogen-bond acceptors (Lipinski definition) is 15. The number of nitrogens with zero attached hydrogens (tertiary/aromatic N) is 6. The lowest BCUT2D eigenvalue weighted by Crippen LogP contribution is -2.67. The van der Waals surface area contributed by atoms with E-state index < -0.39 is 162 Å². The molecule has 1 aliphatic heterocycles. The van der Waals surface area contributed by atoms with Crippen LogP contribution in [0.1, 0.15) is 156 Å². The highest BCUT2D eigenvalue weighted by molar-refractivity contribution is 6.00. The molecule has 516 valence electrons. The fourth-order valence-electron chi connectivity index (χ4n) is 11.0. The topological polar surface area (TPSA) is 348 Å². The van der Waals surface area contributed by atoms with E-state index in [0.717, 1.165) is 24.5 Å². The van der Waals surface area contributed by atoms with Gasteiger partial charge in [0.2, 0.25) is 64.8 Å². The van der Waals surface area contributed by atoms with E-state index >= 15 is 9.59 Å². The summed E-state index contributed by atoms with van der Waals surface area (Å²) < 4.78 is 0. The number of nitrogens with one attached hydrogen (secondary N) is 5. The van der Waals surface area contributed by atoms with Gasteiger partial charge >= 0.3 is 0 Å². The second-order valence-electron chi connectivity index (χ2n) is 27.6. The summed E-state index contributed by atoms with van der Waals surface area (Å²) in [6.45, 7) is 27.4. The van der Waals surface area contributed by atoms with Gasteiger partial charge in [0, 0.05) is 48.2 Å². The molecule has 0 saturated carbocycles. The molecule has 9 N–H and O–H groups in total. The quantitative estimate of drug-likeness (QED) is 0.0872. The molecular weight excluding hydrogens is 1160 g/mol. The molecule has 90 heavy (non-hydrogen) atoms. The van der Waals surface area contributed by atoms with E-state index in [-0.39, 0.29) is 74.7 Å². The van der Waals surface area contributed by atoms with E-state index in [0.29, 0.717) is 0 Å². The summed E-state index contributed by atoms with van der Waals surface area (Å²) in [6, 6.07) is -12.9. The molecule has 0 aromatic carbocycles. The summed E-state index contributed by atoms with van der Waals surface area (Å²) in [4.78, 5) is 168. The van der Waals surface area contributed by atoms with Crippen molar-refractivity contribution in [3.05, 3.63) is 12.2 Å². The van der Waals surface area contributed by atoms with Gasteiger partial charge in [-0.2, -0.15) is 0 Å². The van der Waals surface area contributed by atoms with Crippen LogP contribution in [-0.4, -0.2) is 243 Å². The van der Waals surface area contributed by atoms with Gasteiger partial charge in [-0.05, 0) is 93.8 Å². The Morgan fingerprint density at radius 3 is 1.31 bits per heavy atom. The molecule has 0 unspecified atom stereocenters. The van der Waals surface area contributed by atoms with Gasteiger partial charge in [-0.15, -0.1) is 0 Å². The number of rotatable bonds is 18. The summed E-state index contributed by atoms with van der Waals surface area (Å²) in [6.07, 6.45) is 0.00840. The number of likely N-dealkylation sites (N-methyl/N-ethyl adjacent to an activating group) is 6. The van der Waals surface area contributed by atoms with Gasteiger partial charge in [-0.25, -0.2) is 0 Å². The maximum atomic E-state index is 15.1. The van der Waals surface area contributed by atoms with Crippen molar-refractivity contribution in [1.29, 1.82) is 0 Å². The highest BCUT2D eigenvalue weighted by Gasteiger charge is 2.49. The maximum Gasteiger partial charge on any atom is 0.276 e. The normalized spacial score (nSPS) is 27.2. The minimum absolute atomic E-state index is 0.00431. The molecule has 13 atom stereocenters. The van der Waals surface area contributed by atoms with Crippen LogP contribution in [-0.2, 0) is 52.7 Å². The molecular formula is C64H115N11O15. The number of carbonyl (C=O) groups is 11. The van der Waals surface area contributed by atoms with Gasteiger partial charge in [0.05, 0.1) is 25.4 Å². The molecule has 26 nitrogen and oxygen atoms in total. The molecule has 0 aliphatic carbocycles. The Bertz CT molecular complexity index is 2470. The Balaban J connectivity index is 4.47. The first kappa shape index (κ1) is 81.8. The van der Waals surface area contributed by atoms with Gasteiger partial charge in [0.1, 0.15) is 54.4 Å². The predicted octanol–water partition coefficient (Wildman–Crippen LogP) is 1.22. The number of carbonyl (C=O) groups excluding carboxylic acids is 11. The first-order chi connectivity index (χ1) is 41.4. The van der Waals surface area contributed by atoms with Crippen molar-refractivity contribution >= 4 is 65.0 Å². The number of amides is 11. The van der Waals surface area contributed by atoms with Crippen LogP contribution in [0.5, 0.6) is 0 Å². The molecule has 0 bridgehead atoms. The van der Waals surface area contributed by atoms with E-state index in [1.165, 1.54) is 81.0 Å². The monoisotopic (exact) mass is 1280 g/mol. The van der Waals surface area contributed by atoms with Crippen LogP contribution in [0.4, 0.5) is 0 Å². The molecule has 0 aromatic heterocycles. The lowest BCUT2D eigenvalue weighted by Gasteiger charge is -2.40. The summed E-state index contributed by atoms with van der Waals surface area (Å²) in [5, 5.41) is 58.3. The van der Waals surface area contributed by atoms with Crippen molar-refractivity contribution in [2.75, 3.05) is 55.4 Å². The summed E-state index contributed by atoms with van der Waals surface area (Å²) in [5.74, 6) is -13.2. The van der Waals surface area contributed by atoms with Crippen molar-refractivity contribution in [2.45, 2.75) is 229 Å². The minimum atomic E-state index is -2.69. The van der Waals surface area contributed by atoms with E-state index in [1.54, 1.807) is 54.5 Å². The van der Waals surface area contributed by atoms with Gasteiger partial charge in [-0.3, -0.25) is 52.7 Å². The smallest absolute Gasteiger partial charge is 0.276 e. The minimum Gasteiger partial charge on any atom is -0.392 e. The molecule has 11 amide bonds.